The van der Waals surface area contributed by atoms with E-state index in [0.717, 1.165) is 46.7 Å². The first-order chi connectivity index (χ1) is 13.1. The van der Waals surface area contributed by atoms with Crippen molar-refractivity contribution in [1.29, 1.82) is 0 Å². The van der Waals surface area contributed by atoms with E-state index < -0.39 is 0 Å². The maximum atomic E-state index is 13.5. The summed E-state index contributed by atoms with van der Waals surface area (Å²) in [7, 11) is 0. The monoisotopic (exact) mass is 378 g/mol. The number of carbonyl (C=O) groups is 1. The van der Waals surface area contributed by atoms with Crippen LogP contribution in [0.4, 0.5) is 10.8 Å². The van der Waals surface area contributed by atoms with Crippen LogP contribution in [0.1, 0.15) is 57.4 Å². The van der Waals surface area contributed by atoms with Gasteiger partial charge in [0.15, 0.2) is 5.13 Å². The van der Waals surface area contributed by atoms with Gasteiger partial charge < -0.3 is 0 Å². The maximum Gasteiger partial charge on any atom is 0.236 e. The first-order valence-electron chi connectivity index (χ1n) is 9.93. The van der Waals surface area contributed by atoms with Crippen LogP contribution in [0.5, 0.6) is 0 Å². The molecule has 27 heavy (non-hydrogen) atoms. The SMILES string of the molecule is CC(C)c1ccc(N(C(=O)C2CCCCC2)c2nc3ccccc3s2)cc1. The molecule has 0 unspecified atom stereocenters. The fraction of sp³-hybridized carbons (Fsp3) is 0.391. The van der Waals surface area contributed by atoms with Gasteiger partial charge in [-0.05, 0) is 48.6 Å². The number of fused-ring (bicyclic) bond motifs is 1. The van der Waals surface area contributed by atoms with E-state index in [9.17, 15) is 4.79 Å². The van der Waals surface area contributed by atoms with E-state index in [1.165, 1.54) is 12.0 Å². The van der Waals surface area contributed by atoms with Gasteiger partial charge in [-0.2, -0.15) is 0 Å². The van der Waals surface area contributed by atoms with Crippen LogP contribution in [-0.2, 0) is 4.79 Å². The Labute approximate surface area is 165 Å². The molecule has 2 aromatic carbocycles. The third-order valence-corrected chi connectivity index (χ3v) is 6.49. The number of nitrogens with zero attached hydrogens (tertiary/aromatic N) is 2. The fourth-order valence-electron chi connectivity index (χ4n) is 3.83. The minimum atomic E-state index is 0.107. The number of thiazole rings is 1. The van der Waals surface area contributed by atoms with E-state index in [0.29, 0.717) is 5.92 Å². The molecular weight excluding hydrogens is 352 g/mol. The lowest BCUT2D eigenvalue weighted by molar-refractivity contribution is -0.122. The highest BCUT2D eigenvalue weighted by Gasteiger charge is 2.30. The lowest BCUT2D eigenvalue weighted by atomic mass is 9.88. The van der Waals surface area contributed by atoms with Gasteiger partial charge in [0, 0.05) is 5.92 Å². The Kier molecular flexibility index (Phi) is 5.26. The van der Waals surface area contributed by atoms with Gasteiger partial charge in [0.2, 0.25) is 5.91 Å². The normalized spacial score (nSPS) is 15.4. The summed E-state index contributed by atoms with van der Waals surface area (Å²) in [5.41, 5.74) is 3.17. The zero-order valence-corrected chi connectivity index (χ0v) is 16.8. The summed E-state index contributed by atoms with van der Waals surface area (Å²) in [6.45, 7) is 4.38. The Morgan fingerprint density at radius 3 is 2.41 bits per heavy atom. The summed E-state index contributed by atoms with van der Waals surface area (Å²) in [6.07, 6.45) is 5.52. The third kappa shape index (κ3) is 3.77. The van der Waals surface area contributed by atoms with Crippen molar-refractivity contribution in [3.63, 3.8) is 0 Å². The second-order valence-electron chi connectivity index (χ2n) is 7.72. The number of rotatable bonds is 4. The first kappa shape index (κ1) is 18.2. The number of hydrogen-bond acceptors (Lipinski definition) is 3. The van der Waals surface area contributed by atoms with Crippen LogP contribution in [0.3, 0.4) is 0 Å². The molecule has 0 saturated heterocycles. The van der Waals surface area contributed by atoms with Gasteiger partial charge in [-0.15, -0.1) is 0 Å². The van der Waals surface area contributed by atoms with Gasteiger partial charge in [0.1, 0.15) is 0 Å². The lowest BCUT2D eigenvalue weighted by Crippen LogP contribution is -2.33. The summed E-state index contributed by atoms with van der Waals surface area (Å²) in [6, 6.07) is 16.5. The van der Waals surface area contributed by atoms with Gasteiger partial charge in [-0.3, -0.25) is 9.69 Å². The van der Waals surface area contributed by atoms with Crippen molar-refractivity contribution in [2.75, 3.05) is 4.90 Å². The molecule has 3 aromatic rings. The van der Waals surface area contributed by atoms with Gasteiger partial charge in [0.05, 0.1) is 15.9 Å². The van der Waals surface area contributed by atoms with E-state index in [1.54, 1.807) is 11.3 Å². The second-order valence-corrected chi connectivity index (χ2v) is 8.73. The maximum absolute atomic E-state index is 13.5. The van der Waals surface area contributed by atoms with Gasteiger partial charge >= 0.3 is 0 Å². The molecule has 1 aliphatic rings. The minimum Gasteiger partial charge on any atom is -0.274 e. The van der Waals surface area contributed by atoms with Crippen LogP contribution in [0.25, 0.3) is 10.2 Å². The topological polar surface area (TPSA) is 33.2 Å². The molecular formula is C23H26N2OS. The molecule has 1 amide bonds. The Morgan fingerprint density at radius 1 is 1.04 bits per heavy atom. The molecule has 1 saturated carbocycles. The van der Waals surface area contributed by atoms with Crippen molar-refractivity contribution in [3.05, 3.63) is 54.1 Å². The predicted octanol–water partition coefficient (Wildman–Crippen LogP) is 6.66. The van der Waals surface area contributed by atoms with Crippen LogP contribution in [0.2, 0.25) is 0 Å². The number of para-hydroxylation sites is 1. The zero-order chi connectivity index (χ0) is 18.8. The van der Waals surface area contributed by atoms with Crippen molar-refractivity contribution in [2.24, 2.45) is 5.92 Å². The number of amides is 1. The Bertz CT molecular complexity index is 890. The Morgan fingerprint density at radius 2 is 1.74 bits per heavy atom. The smallest absolute Gasteiger partial charge is 0.236 e. The van der Waals surface area contributed by atoms with E-state index in [4.69, 9.17) is 4.98 Å². The lowest BCUT2D eigenvalue weighted by Gasteiger charge is -2.28. The predicted molar refractivity (Wildman–Crippen MR) is 114 cm³/mol. The number of benzene rings is 2. The summed E-state index contributed by atoms with van der Waals surface area (Å²) in [4.78, 5) is 20.1. The summed E-state index contributed by atoms with van der Waals surface area (Å²) >= 11 is 1.60. The molecule has 1 aromatic heterocycles. The molecule has 1 heterocycles. The zero-order valence-electron chi connectivity index (χ0n) is 16.0. The average molecular weight is 379 g/mol. The standard InChI is InChI=1S/C23H26N2OS/c1-16(2)17-12-14-19(15-13-17)25(22(26)18-8-4-3-5-9-18)23-24-20-10-6-7-11-21(20)27-23/h6-7,10-16,18H,3-5,8-9H2,1-2H3. The fourth-order valence-corrected chi connectivity index (χ4v) is 4.82. The van der Waals surface area contributed by atoms with Crippen molar-refractivity contribution in [1.82, 2.24) is 4.98 Å². The second kappa shape index (κ2) is 7.81. The Balaban J connectivity index is 1.75. The number of carbonyl (C=O) groups excluding carboxylic acids is 1. The molecule has 1 aliphatic carbocycles. The highest BCUT2D eigenvalue weighted by molar-refractivity contribution is 7.22. The number of hydrogen-bond donors (Lipinski definition) is 0. The van der Waals surface area contributed by atoms with Crippen molar-refractivity contribution < 1.29 is 4.79 Å². The molecule has 1 fully saturated rings. The van der Waals surface area contributed by atoms with Crippen molar-refractivity contribution in [3.8, 4) is 0 Å². The third-order valence-electron chi connectivity index (χ3n) is 5.47. The molecule has 0 spiro atoms. The van der Waals surface area contributed by atoms with E-state index >= 15 is 0 Å². The number of aromatic nitrogens is 1. The minimum absolute atomic E-state index is 0.107. The Hall–Kier alpha value is -2.20. The van der Waals surface area contributed by atoms with Crippen LogP contribution in [-0.4, -0.2) is 10.9 Å². The van der Waals surface area contributed by atoms with Crippen molar-refractivity contribution in [2.45, 2.75) is 51.9 Å². The largest absolute Gasteiger partial charge is 0.274 e. The molecule has 4 rings (SSSR count). The summed E-state index contributed by atoms with van der Waals surface area (Å²) in [5.74, 6) is 0.783. The first-order valence-corrected chi connectivity index (χ1v) is 10.7. The van der Waals surface area contributed by atoms with Crippen LogP contribution >= 0.6 is 11.3 Å². The highest BCUT2D eigenvalue weighted by atomic mass is 32.1. The van der Waals surface area contributed by atoms with Gasteiger partial charge in [-0.1, -0.05) is 68.7 Å². The van der Waals surface area contributed by atoms with Crippen LogP contribution in [0, 0.1) is 5.92 Å². The molecule has 0 radical (unpaired) electrons. The molecule has 4 heteroatoms. The average Bonchev–Trinajstić information content (AvgIpc) is 3.12. The molecule has 0 bridgehead atoms. The van der Waals surface area contributed by atoms with Crippen LogP contribution < -0.4 is 4.90 Å². The van der Waals surface area contributed by atoms with Gasteiger partial charge in [0.25, 0.3) is 0 Å². The van der Waals surface area contributed by atoms with Crippen molar-refractivity contribution >= 4 is 38.3 Å². The summed E-state index contributed by atoms with van der Waals surface area (Å²) in [5, 5.41) is 0.782. The molecule has 0 N–H and O–H groups in total. The number of anilines is 2. The molecule has 0 atom stereocenters. The summed E-state index contributed by atoms with van der Waals surface area (Å²) < 4.78 is 1.12. The van der Waals surface area contributed by atoms with Crippen LogP contribution in [0.15, 0.2) is 48.5 Å². The van der Waals surface area contributed by atoms with Gasteiger partial charge in [-0.25, -0.2) is 4.98 Å². The molecule has 0 aliphatic heterocycles. The van der Waals surface area contributed by atoms with E-state index in [-0.39, 0.29) is 11.8 Å². The molecule has 140 valence electrons. The quantitative estimate of drug-likeness (QED) is 0.508. The van der Waals surface area contributed by atoms with E-state index in [1.807, 2.05) is 23.1 Å². The highest BCUT2D eigenvalue weighted by Crippen LogP contribution is 2.37. The molecule has 3 nitrogen and oxygen atoms in total. The van der Waals surface area contributed by atoms with E-state index in [2.05, 4.69) is 44.2 Å².